The highest BCUT2D eigenvalue weighted by Gasteiger charge is 2.22. The zero-order chi connectivity index (χ0) is 18.0. The number of hydrogen-bond donors (Lipinski definition) is 3. The Bertz CT molecular complexity index is 794. The van der Waals surface area contributed by atoms with Gasteiger partial charge in [-0.05, 0) is 44.0 Å². The summed E-state index contributed by atoms with van der Waals surface area (Å²) in [5.74, 6) is -1.11. The molecule has 2 aromatic rings. The first-order valence-electron chi connectivity index (χ1n) is 8.64. The lowest BCUT2D eigenvalue weighted by Gasteiger charge is -2.23. The van der Waals surface area contributed by atoms with E-state index in [4.69, 9.17) is 5.73 Å². The number of aromatic nitrogens is 1. The van der Waals surface area contributed by atoms with Crippen LogP contribution in [0.2, 0.25) is 0 Å². The normalized spacial score (nSPS) is 16.6. The van der Waals surface area contributed by atoms with E-state index in [1.807, 2.05) is 0 Å². The van der Waals surface area contributed by atoms with E-state index < -0.39 is 17.8 Å². The Hall–Kier alpha value is -2.41. The molecule has 1 heterocycles. The van der Waals surface area contributed by atoms with Gasteiger partial charge < -0.3 is 11.1 Å². The van der Waals surface area contributed by atoms with Crippen molar-refractivity contribution in [3.63, 3.8) is 0 Å². The van der Waals surface area contributed by atoms with E-state index in [0.29, 0.717) is 10.9 Å². The molecule has 0 saturated heterocycles. The summed E-state index contributed by atoms with van der Waals surface area (Å²) in [6.45, 7) is 1.56. The van der Waals surface area contributed by atoms with Gasteiger partial charge in [0.25, 0.3) is 11.8 Å². The fourth-order valence-electron chi connectivity index (χ4n) is 3.19. The van der Waals surface area contributed by atoms with Crippen LogP contribution < -0.4 is 16.5 Å². The SMILES string of the molecule is CC(N)C(=O)Nn1c(C(=O)NC2CCCCC2)cc2cc(F)ccc21. The number of fused-ring (bicyclic) bond motifs is 1. The topological polar surface area (TPSA) is 89.2 Å². The molecule has 0 bridgehead atoms. The minimum Gasteiger partial charge on any atom is -0.348 e. The standard InChI is InChI=1S/C18H23FN4O2/c1-11(20)17(24)22-23-15-8-7-13(19)9-12(15)10-16(23)18(25)21-14-5-3-2-4-6-14/h7-11,14H,2-6,20H2,1H3,(H,21,25)(H,22,24). The van der Waals surface area contributed by atoms with E-state index in [0.717, 1.165) is 25.7 Å². The van der Waals surface area contributed by atoms with Gasteiger partial charge in [0.2, 0.25) is 0 Å². The molecule has 0 radical (unpaired) electrons. The lowest BCUT2D eigenvalue weighted by molar-refractivity contribution is -0.117. The van der Waals surface area contributed by atoms with E-state index in [1.165, 1.54) is 29.3 Å². The molecule has 1 aliphatic rings. The monoisotopic (exact) mass is 346 g/mol. The summed E-state index contributed by atoms with van der Waals surface area (Å²) in [5, 5.41) is 3.56. The average molecular weight is 346 g/mol. The molecule has 1 saturated carbocycles. The quantitative estimate of drug-likeness (QED) is 0.793. The number of hydrogen-bond acceptors (Lipinski definition) is 3. The third-order valence-electron chi connectivity index (χ3n) is 4.57. The predicted molar refractivity (Wildman–Crippen MR) is 94.3 cm³/mol. The van der Waals surface area contributed by atoms with E-state index in [9.17, 15) is 14.0 Å². The highest BCUT2D eigenvalue weighted by atomic mass is 19.1. The Morgan fingerprint density at radius 3 is 2.64 bits per heavy atom. The van der Waals surface area contributed by atoms with Crippen LogP contribution in [0.5, 0.6) is 0 Å². The number of rotatable bonds is 4. The first-order valence-corrected chi connectivity index (χ1v) is 8.64. The van der Waals surface area contributed by atoms with Crippen molar-refractivity contribution < 1.29 is 14.0 Å². The second-order valence-corrected chi connectivity index (χ2v) is 6.64. The average Bonchev–Trinajstić information content (AvgIpc) is 2.93. The number of nitrogens with one attached hydrogen (secondary N) is 2. The number of nitrogens with two attached hydrogens (primary N) is 1. The number of carbonyl (C=O) groups is 2. The van der Waals surface area contributed by atoms with Gasteiger partial charge in [-0.2, -0.15) is 0 Å². The van der Waals surface area contributed by atoms with E-state index in [2.05, 4.69) is 10.7 Å². The van der Waals surface area contributed by atoms with Crippen molar-refractivity contribution in [2.24, 2.45) is 5.73 Å². The molecular weight excluding hydrogens is 323 g/mol. The maximum absolute atomic E-state index is 13.5. The van der Waals surface area contributed by atoms with Gasteiger partial charge >= 0.3 is 0 Å². The van der Waals surface area contributed by atoms with E-state index >= 15 is 0 Å². The smallest absolute Gasteiger partial charge is 0.270 e. The van der Waals surface area contributed by atoms with Crippen molar-refractivity contribution in [1.82, 2.24) is 9.99 Å². The third kappa shape index (κ3) is 3.82. The second kappa shape index (κ2) is 7.23. The van der Waals surface area contributed by atoms with Crippen LogP contribution in [0.3, 0.4) is 0 Å². The van der Waals surface area contributed by atoms with E-state index in [-0.39, 0.29) is 17.6 Å². The molecule has 4 N–H and O–H groups in total. The van der Waals surface area contributed by atoms with Crippen molar-refractivity contribution >= 4 is 22.7 Å². The van der Waals surface area contributed by atoms with Crippen molar-refractivity contribution in [1.29, 1.82) is 0 Å². The van der Waals surface area contributed by atoms with Gasteiger partial charge in [-0.25, -0.2) is 9.07 Å². The zero-order valence-corrected chi connectivity index (χ0v) is 14.2. The highest BCUT2D eigenvalue weighted by Crippen LogP contribution is 2.22. The Balaban J connectivity index is 1.94. The fourth-order valence-corrected chi connectivity index (χ4v) is 3.19. The Labute approximate surface area is 145 Å². The minimum absolute atomic E-state index is 0.133. The first-order chi connectivity index (χ1) is 12.0. The summed E-state index contributed by atoms with van der Waals surface area (Å²) in [7, 11) is 0. The third-order valence-corrected chi connectivity index (χ3v) is 4.57. The number of nitrogens with zero attached hydrogens (tertiary/aromatic N) is 1. The van der Waals surface area contributed by atoms with Crippen LogP contribution in [0.1, 0.15) is 49.5 Å². The molecule has 134 valence electrons. The number of carbonyl (C=O) groups excluding carboxylic acids is 2. The first kappa shape index (κ1) is 17.4. The molecule has 0 spiro atoms. The number of halogens is 1. The van der Waals surface area contributed by atoms with Crippen LogP contribution in [0, 0.1) is 5.82 Å². The Kier molecular flexibility index (Phi) is 5.03. The van der Waals surface area contributed by atoms with Crippen LogP contribution in [0.4, 0.5) is 4.39 Å². The Morgan fingerprint density at radius 1 is 1.24 bits per heavy atom. The molecule has 0 aliphatic heterocycles. The molecule has 2 amide bonds. The summed E-state index contributed by atoms with van der Waals surface area (Å²) in [6.07, 6.45) is 5.29. The van der Waals surface area contributed by atoms with Gasteiger partial charge in [-0.1, -0.05) is 19.3 Å². The highest BCUT2D eigenvalue weighted by molar-refractivity contribution is 6.01. The van der Waals surface area contributed by atoms with Gasteiger partial charge in [-0.15, -0.1) is 0 Å². The number of amides is 2. The summed E-state index contributed by atoms with van der Waals surface area (Å²) in [5.41, 5.74) is 9.06. The van der Waals surface area contributed by atoms with Gasteiger partial charge in [0.1, 0.15) is 11.5 Å². The molecule has 1 aromatic carbocycles. The summed E-state index contributed by atoms with van der Waals surface area (Å²) < 4.78 is 14.9. The van der Waals surface area contributed by atoms with Crippen LogP contribution in [0.25, 0.3) is 10.9 Å². The fraction of sp³-hybridized carbons (Fsp3) is 0.444. The largest absolute Gasteiger partial charge is 0.348 e. The molecule has 3 rings (SSSR count). The van der Waals surface area contributed by atoms with Gasteiger partial charge in [0.15, 0.2) is 0 Å². The van der Waals surface area contributed by atoms with Gasteiger partial charge in [0, 0.05) is 11.4 Å². The van der Waals surface area contributed by atoms with Crippen molar-refractivity contribution in [2.45, 2.75) is 51.1 Å². The maximum atomic E-state index is 13.5. The molecule has 6 nitrogen and oxygen atoms in total. The molecular formula is C18H23FN4O2. The lowest BCUT2D eigenvalue weighted by Crippen LogP contribution is -2.41. The van der Waals surface area contributed by atoms with Crippen LogP contribution >= 0.6 is 0 Å². The van der Waals surface area contributed by atoms with Crippen molar-refractivity contribution in [3.05, 3.63) is 35.8 Å². The van der Waals surface area contributed by atoms with Crippen molar-refractivity contribution in [2.75, 3.05) is 5.43 Å². The zero-order valence-electron chi connectivity index (χ0n) is 14.2. The molecule has 1 aliphatic carbocycles. The second-order valence-electron chi connectivity index (χ2n) is 6.64. The predicted octanol–water partition coefficient (Wildman–Crippen LogP) is 2.26. The van der Waals surface area contributed by atoms with E-state index in [1.54, 1.807) is 13.0 Å². The van der Waals surface area contributed by atoms with Gasteiger partial charge in [0.05, 0.1) is 11.6 Å². The minimum atomic E-state index is -0.729. The van der Waals surface area contributed by atoms with Crippen LogP contribution in [0.15, 0.2) is 24.3 Å². The van der Waals surface area contributed by atoms with Crippen molar-refractivity contribution in [3.8, 4) is 0 Å². The maximum Gasteiger partial charge on any atom is 0.270 e. The summed E-state index contributed by atoms with van der Waals surface area (Å²) in [4.78, 5) is 24.8. The number of benzene rings is 1. The molecule has 1 atom stereocenters. The van der Waals surface area contributed by atoms with Gasteiger partial charge in [-0.3, -0.25) is 15.0 Å². The van der Waals surface area contributed by atoms with Crippen LogP contribution in [-0.4, -0.2) is 28.6 Å². The lowest BCUT2D eigenvalue weighted by atomic mass is 9.95. The van der Waals surface area contributed by atoms with Crippen LogP contribution in [-0.2, 0) is 4.79 Å². The summed E-state index contributed by atoms with van der Waals surface area (Å²) in [6, 6.07) is 5.14. The summed E-state index contributed by atoms with van der Waals surface area (Å²) >= 11 is 0. The molecule has 1 unspecified atom stereocenters. The molecule has 1 fully saturated rings. The molecule has 7 heteroatoms. The Morgan fingerprint density at radius 2 is 1.96 bits per heavy atom. The molecule has 25 heavy (non-hydrogen) atoms. The molecule has 1 aromatic heterocycles.